The van der Waals surface area contributed by atoms with Gasteiger partial charge in [-0.2, -0.15) is 0 Å². The molecule has 144 valence electrons. The van der Waals surface area contributed by atoms with Gasteiger partial charge in [0.15, 0.2) is 0 Å². The summed E-state index contributed by atoms with van der Waals surface area (Å²) in [7, 11) is 0. The van der Waals surface area contributed by atoms with E-state index in [9.17, 15) is 19.7 Å². The van der Waals surface area contributed by atoms with Crippen molar-refractivity contribution in [2.24, 2.45) is 0 Å². The zero-order chi connectivity index (χ0) is 19.7. The summed E-state index contributed by atoms with van der Waals surface area (Å²) >= 11 is 1.34. The summed E-state index contributed by atoms with van der Waals surface area (Å²) in [4.78, 5) is 42.7. The van der Waals surface area contributed by atoms with Crippen molar-refractivity contribution < 1.29 is 9.72 Å². The van der Waals surface area contributed by atoms with Gasteiger partial charge < -0.3 is 4.90 Å². The van der Waals surface area contributed by atoms with Gasteiger partial charge in [-0.1, -0.05) is 0 Å². The fourth-order valence-corrected chi connectivity index (χ4v) is 4.35. The molecule has 1 aliphatic heterocycles. The maximum atomic E-state index is 13.0. The molecule has 8 nitrogen and oxygen atoms in total. The number of likely N-dealkylation sites (tertiary alicyclic amines) is 1. The number of hydrogen-bond acceptors (Lipinski definition) is 6. The summed E-state index contributed by atoms with van der Waals surface area (Å²) in [5.41, 5.74) is 1.10. The van der Waals surface area contributed by atoms with E-state index in [0.29, 0.717) is 21.3 Å². The molecule has 3 heterocycles. The van der Waals surface area contributed by atoms with Crippen LogP contribution in [0.2, 0.25) is 0 Å². The highest BCUT2D eigenvalue weighted by molar-refractivity contribution is 7.17. The van der Waals surface area contributed by atoms with Gasteiger partial charge in [-0.3, -0.25) is 24.3 Å². The molecule has 28 heavy (non-hydrogen) atoms. The minimum absolute atomic E-state index is 0.00838. The number of amides is 1. The number of nitro groups is 1. The standard InChI is InChI=1S/C19H18N4O4S/c24-16(21-8-2-1-3-9-21)10-22-12-20-18-17(19(22)25)15(11-28-18)13-4-6-14(7-5-13)23(26)27/h4-7,11-12H,1-3,8-10H2. The number of non-ortho nitro benzene ring substituents is 1. The van der Waals surface area contributed by atoms with E-state index < -0.39 is 4.92 Å². The van der Waals surface area contributed by atoms with Gasteiger partial charge in [0, 0.05) is 36.2 Å². The van der Waals surface area contributed by atoms with Crippen LogP contribution >= 0.6 is 11.3 Å². The van der Waals surface area contributed by atoms with Crippen molar-refractivity contribution in [2.45, 2.75) is 25.8 Å². The summed E-state index contributed by atoms with van der Waals surface area (Å²) in [6.45, 7) is 1.43. The number of nitrogens with zero attached hydrogens (tertiary/aromatic N) is 4. The Balaban J connectivity index is 1.68. The van der Waals surface area contributed by atoms with E-state index in [2.05, 4.69) is 4.98 Å². The van der Waals surface area contributed by atoms with Crippen LogP contribution in [-0.2, 0) is 11.3 Å². The molecule has 0 saturated carbocycles. The lowest BCUT2D eigenvalue weighted by Crippen LogP contribution is -2.39. The topological polar surface area (TPSA) is 98.3 Å². The van der Waals surface area contributed by atoms with Crippen molar-refractivity contribution in [3.05, 3.63) is 56.4 Å². The van der Waals surface area contributed by atoms with Gasteiger partial charge >= 0.3 is 0 Å². The Morgan fingerprint density at radius 2 is 1.89 bits per heavy atom. The first-order valence-electron chi connectivity index (χ1n) is 9.04. The molecular formula is C19H18N4O4S. The molecule has 1 aliphatic rings. The van der Waals surface area contributed by atoms with Crippen molar-refractivity contribution in [3.63, 3.8) is 0 Å². The molecule has 4 rings (SSSR count). The van der Waals surface area contributed by atoms with Gasteiger partial charge in [-0.15, -0.1) is 11.3 Å². The molecule has 0 bridgehead atoms. The minimum Gasteiger partial charge on any atom is -0.341 e. The largest absolute Gasteiger partial charge is 0.341 e. The zero-order valence-electron chi connectivity index (χ0n) is 15.0. The number of hydrogen-bond donors (Lipinski definition) is 0. The Labute approximate surface area is 164 Å². The molecule has 0 spiro atoms. The number of rotatable bonds is 4. The third-order valence-corrected chi connectivity index (χ3v) is 5.85. The zero-order valence-corrected chi connectivity index (χ0v) is 15.9. The van der Waals surface area contributed by atoms with Crippen LogP contribution in [0.4, 0.5) is 5.69 Å². The second-order valence-corrected chi connectivity index (χ2v) is 7.61. The molecule has 1 amide bonds. The van der Waals surface area contributed by atoms with Crippen molar-refractivity contribution >= 4 is 33.1 Å². The number of nitro benzene ring substituents is 1. The smallest absolute Gasteiger partial charge is 0.269 e. The van der Waals surface area contributed by atoms with Crippen LogP contribution in [-0.4, -0.2) is 38.4 Å². The number of aromatic nitrogens is 2. The van der Waals surface area contributed by atoms with Crippen LogP contribution < -0.4 is 5.56 Å². The molecule has 0 atom stereocenters. The Kier molecular flexibility index (Phi) is 4.91. The lowest BCUT2D eigenvalue weighted by Gasteiger charge is -2.26. The Hall–Kier alpha value is -3.07. The van der Waals surface area contributed by atoms with Gasteiger partial charge in [0.2, 0.25) is 5.91 Å². The van der Waals surface area contributed by atoms with Crippen molar-refractivity contribution in [2.75, 3.05) is 13.1 Å². The van der Waals surface area contributed by atoms with E-state index in [1.165, 1.54) is 34.4 Å². The number of carbonyl (C=O) groups is 1. The molecule has 0 unspecified atom stereocenters. The van der Waals surface area contributed by atoms with E-state index in [4.69, 9.17) is 0 Å². The first-order chi connectivity index (χ1) is 13.5. The first kappa shape index (κ1) is 18.3. The van der Waals surface area contributed by atoms with Gasteiger partial charge in [0.25, 0.3) is 11.2 Å². The average molecular weight is 398 g/mol. The lowest BCUT2D eigenvalue weighted by molar-refractivity contribution is -0.384. The molecule has 3 aromatic rings. The maximum Gasteiger partial charge on any atom is 0.269 e. The normalized spacial score (nSPS) is 14.4. The van der Waals surface area contributed by atoms with E-state index >= 15 is 0 Å². The molecular weight excluding hydrogens is 380 g/mol. The average Bonchev–Trinajstić information content (AvgIpc) is 3.15. The Bertz CT molecular complexity index is 1100. The summed E-state index contributed by atoms with van der Waals surface area (Å²) in [6, 6.07) is 6.06. The van der Waals surface area contributed by atoms with E-state index in [1.807, 2.05) is 5.38 Å². The minimum atomic E-state index is -0.462. The van der Waals surface area contributed by atoms with Gasteiger partial charge in [-0.05, 0) is 37.0 Å². The molecule has 1 fully saturated rings. The monoisotopic (exact) mass is 398 g/mol. The summed E-state index contributed by atoms with van der Waals surface area (Å²) in [6.07, 6.45) is 4.53. The van der Waals surface area contributed by atoms with Crippen LogP contribution in [0.15, 0.2) is 40.8 Å². The SMILES string of the molecule is O=C(Cn1cnc2scc(-c3ccc([N+](=O)[O-])cc3)c2c1=O)N1CCCCC1. The first-order valence-corrected chi connectivity index (χ1v) is 9.92. The number of fused-ring (bicyclic) bond motifs is 1. The predicted molar refractivity (Wildman–Crippen MR) is 106 cm³/mol. The second-order valence-electron chi connectivity index (χ2n) is 6.75. The van der Waals surface area contributed by atoms with Crippen LogP contribution in [0, 0.1) is 10.1 Å². The molecule has 1 saturated heterocycles. The lowest BCUT2D eigenvalue weighted by atomic mass is 10.1. The van der Waals surface area contributed by atoms with Gasteiger partial charge in [0.1, 0.15) is 11.4 Å². The van der Waals surface area contributed by atoms with Crippen molar-refractivity contribution in [1.82, 2.24) is 14.5 Å². The van der Waals surface area contributed by atoms with Crippen molar-refractivity contribution in [3.8, 4) is 11.1 Å². The number of piperidine rings is 1. The highest BCUT2D eigenvalue weighted by Gasteiger charge is 2.19. The number of thiophene rings is 1. The molecule has 1 aromatic carbocycles. The van der Waals surface area contributed by atoms with Crippen LogP contribution in [0.3, 0.4) is 0 Å². The molecule has 0 radical (unpaired) electrons. The fraction of sp³-hybridized carbons (Fsp3) is 0.316. The van der Waals surface area contributed by atoms with E-state index in [1.54, 1.807) is 17.0 Å². The highest BCUT2D eigenvalue weighted by Crippen LogP contribution is 2.31. The van der Waals surface area contributed by atoms with Crippen LogP contribution in [0.5, 0.6) is 0 Å². The number of benzene rings is 1. The van der Waals surface area contributed by atoms with Gasteiger partial charge in [0.05, 0.1) is 16.6 Å². The van der Waals surface area contributed by atoms with Crippen LogP contribution in [0.1, 0.15) is 19.3 Å². The molecule has 0 aliphatic carbocycles. The Morgan fingerprint density at radius 3 is 2.57 bits per heavy atom. The third-order valence-electron chi connectivity index (χ3n) is 4.96. The second kappa shape index (κ2) is 7.51. The quantitative estimate of drug-likeness (QED) is 0.497. The Morgan fingerprint density at radius 1 is 1.18 bits per heavy atom. The highest BCUT2D eigenvalue weighted by atomic mass is 32.1. The van der Waals surface area contributed by atoms with Crippen molar-refractivity contribution in [1.29, 1.82) is 0 Å². The van der Waals surface area contributed by atoms with E-state index in [0.717, 1.165) is 32.4 Å². The molecule has 9 heteroatoms. The summed E-state index contributed by atoms with van der Waals surface area (Å²) < 4.78 is 1.35. The maximum absolute atomic E-state index is 13.0. The predicted octanol–water partition coefficient (Wildman–Crippen LogP) is 3.05. The molecule has 2 aromatic heterocycles. The summed E-state index contributed by atoms with van der Waals surface area (Å²) in [5.74, 6) is -0.0740. The third kappa shape index (κ3) is 3.40. The van der Waals surface area contributed by atoms with Crippen LogP contribution in [0.25, 0.3) is 21.3 Å². The fourth-order valence-electron chi connectivity index (χ4n) is 3.44. The van der Waals surface area contributed by atoms with E-state index in [-0.39, 0.29) is 23.7 Å². The number of carbonyl (C=O) groups excluding carboxylic acids is 1. The van der Waals surface area contributed by atoms with Gasteiger partial charge in [-0.25, -0.2) is 4.98 Å². The molecule has 0 N–H and O–H groups in total. The summed E-state index contributed by atoms with van der Waals surface area (Å²) in [5, 5.41) is 13.1.